The zero-order valence-corrected chi connectivity index (χ0v) is 21.5. The molecule has 0 saturated carbocycles. The average Bonchev–Trinajstić information content (AvgIpc) is 3.29. The highest BCUT2D eigenvalue weighted by Crippen LogP contribution is 2.25. The third kappa shape index (κ3) is 5.83. The number of imidazole rings is 1. The Labute approximate surface area is 215 Å². The molecular formula is C26H31N9O2. The van der Waals surface area contributed by atoms with Crippen LogP contribution in [0.2, 0.25) is 0 Å². The molecule has 0 saturated heterocycles. The van der Waals surface area contributed by atoms with Crippen LogP contribution in [0, 0.1) is 13.8 Å². The topological polar surface area (TPSA) is 135 Å². The van der Waals surface area contributed by atoms with Crippen molar-refractivity contribution < 1.29 is 9.59 Å². The van der Waals surface area contributed by atoms with Crippen molar-refractivity contribution in [2.45, 2.75) is 26.9 Å². The zero-order chi connectivity index (χ0) is 26.5. The summed E-state index contributed by atoms with van der Waals surface area (Å²) in [5.41, 5.74) is 8.66. The monoisotopic (exact) mass is 501 g/mol. The van der Waals surface area contributed by atoms with Gasteiger partial charge in [-0.3, -0.25) is 9.59 Å². The summed E-state index contributed by atoms with van der Waals surface area (Å²) in [6, 6.07) is 8.02. The van der Waals surface area contributed by atoms with Crippen LogP contribution in [0.25, 0.3) is 10.9 Å². The van der Waals surface area contributed by atoms with Gasteiger partial charge >= 0.3 is 0 Å². The van der Waals surface area contributed by atoms with Crippen molar-refractivity contribution in [3.8, 4) is 0 Å². The number of pyridine rings is 1. The number of nitrogen functional groups attached to an aromatic ring is 1. The van der Waals surface area contributed by atoms with Gasteiger partial charge in [0, 0.05) is 69.5 Å². The summed E-state index contributed by atoms with van der Waals surface area (Å²) in [7, 11) is 3.71. The molecule has 0 aliphatic heterocycles. The molecule has 0 unspecified atom stereocenters. The second kappa shape index (κ2) is 11.0. The summed E-state index contributed by atoms with van der Waals surface area (Å²) in [5.74, 6) is 1.17. The van der Waals surface area contributed by atoms with E-state index >= 15 is 0 Å². The van der Waals surface area contributed by atoms with E-state index in [4.69, 9.17) is 10.7 Å². The molecule has 0 atom stereocenters. The van der Waals surface area contributed by atoms with E-state index in [1.807, 2.05) is 54.6 Å². The Hall–Kier alpha value is -4.54. The van der Waals surface area contributed by atoms with E-state index in [9.17, 15) is 9.59 Å². The lowest BCUT2D eigenvalue weighted by atomic mass is 10.1. The highest BCUT2D eigenvalue weighted by Gasteiger charge is 2.18. The van der Waals surface area contributed by atoms with Crippen molar-refractivity contribution in [3.63, 3.8) is 0 Å². The number of nitrogens with zero attached hydrogens (tertiary/aromatic N) is 7. The molecule has 0 fully saturated rings. The van der Waals surface area contributed by atoms with Crippen LogP contribution < -0.4 is 16.0 Å². The highest BCUT2D eigenvalue weighted by atomic mass is 16.2. The number of nitrogens with one attached hydrogen (secondary N) is 1. The van der Waals surface area contributed by atoms with Gasteiger partial charge in [-0.2, -0.15) is 0 Å². The van der Waals surface area contributed by atoms with Gasteiger partial charge in [0.2, 0.25) is 5.91 Å². The fourth-order valence-corrected chi connectivity index (χ4v) is 3.99. The summed E-state index contributed by atoms with van der Waals surface area (Å²) < 4.78 is 1.82. The molecule has 2 amide bonds. The van der Waals surface area contributed by atoms with Crippen LogP contribution >= 0.6 is 0 Å². The maximum absolute atomic E-state index is 12.7. The number of benzene rings is 1. The van der Waals surface area contributed by atoms with Gasteiger partial charge in [-0.15, -0.1) is 0 Å². The summed E-state index contributed by atoms with van der Waals surface area (Å²) in [6.07, 6.45) is 6.34. The van der Waals surface area contributed by atoms with Gasteiger partial charge in [0.05, 0.1) is 5.52 Å². The van der Waals surface area contributed by atoms with Crippen LogP contribution in [-0.4, -0.2) is 68.4 Å². The number of carbonyl (C=O) groups is 2. The normalized spacial score (nSPS) is 10.9. The Kier molecular flexibility index (Phi) is 7.61. The first-order valence-electron chi connectivity index (χ1n) is 11.9. The van der Waals surface area contributed by atoms with Crippen LogP contribution in [0.15, 0.2) is 49.1 Å². The van der Waals surface area contributed by atoms with Crippen molar-refractivity contribution in [1.82, 2.24) is 34.7 Å². The molecule has 192 valence electrons. The van der Waals surface area contributed by atoms with Gasteiger partial charge in [0.15, 0.2) is 11.5 Å². The SMILES string of the molecule is Cc1cccc2cc(CNC(=O)c3nccnc3N)c(N(C)CCN(C)C(=O)Cn3ccnc3C)nc12. The number of amides is 2. The maximum atomic E-state index is 12.7. The first kappa shape index (κ1) is 25.5. The molecule has 11 heteroatoms. The van der Waals surface area contributed by atoms with Crippen molar-refractivity contribution in [2.24, 2.45) is 0 Å². The number of likely N-dealkylation sites (N-methyl/N-ethyl adjacent to an activating group) is 2. The summed E-state index contributed by atoms with van der Waals surface area (Å²) in [6.45, 7) is 5.39. The molecule has 4 aromatic rings. The predicted molar refractivity (Wildman–Crippen MR) is 142 cm³/mol. The third-order valence-corrected chi connectivity index (χ3v) is 6.27. The fraction of sp³-hybridized carbons (Fsp3) is 0.308. The van der Waals surface area contributed by atoms with E-state index in [2.05, 4.69) is 20.3 Å². The minimum atomic E-state index is -0.413. The van der Waals surface area contributed by atoms with E-state index in [0.717, 1.165) is 33.7 Å². The van der Waals surface area contributed by atoms with Gasteiger partial charge in [-0.05, 0) is 25.5 Å². The molecule has 4 rings (SSSR count). The number of nitrogens with two attached hydrogens (primary N) is 1. The Morgan fingerprint density at radius 3 is 2.57 bits per heavy atom. The molecule has 0 radical (unpaired) electrons. The van der Waals surface area contributed by atoms with E-state index in [0.29, 0.717) is 13.1 Å². The van der Waals surface area contributed by atoms with Gasteiger partial charge in [-0.1, -0.05) is 18.2 Å². The molecule has 0 aliphatic carbocycles. The summed E-state index contributed by atoms with van der Waals surface area (Å²) in [5, 5.41) is 3.86. The Morgan fingerprint density at radius 1 is 1.05 bits per heavy atom. The van der Waals surface area contributed by atoms with Crippen molar-refractivity contribution in [3.05, 3.63) is 71.7 Å². The van der Waals surface area contributed by atoms with Gasteiger partial charge in [0.25, 0.3) is 5.91 Å². The van der Waals surface area contributed by atoms with Crippen LogP contribution in [0.5, 0.6) is 0 Å². The number of aromatic nitrogens is 5. The number of fused-ring (bicyclic) bond motifs is 1. The van der Waals surface area contributed by atoms with Gasteiger partial charge in [-0.25, -0.2) is 19.9 Å². The highest BCUT2D eigenvalue weighted by molar-refractivity contribution is 5.96. The molecular weight excluding hydrogens is 470 g/mol. The average molecular weight is 502 g/mol. The maximum Gasteiger partial charge on any atom is 0.273 e. The number of rotatable bonds is 9. The molecule has 37 heavy (non-hydrogen) atoms. The van der Waals surface area contributed by atoms with Crippen molar-refractivity contribution in [2.75, 3.05) is 37.8 Å². The lowest BCUT2D eigenvalue weighted by molar-refractivity contribution is -0.130. The number of carbonyl (C=O) groups excluding carboxylic acids is 2. The molecule has 11 nitrogen and oxygen atoms in total. The van der Waals surface area contributed by atoms with Crippen molar-refractivity contribution in [1.29, 1.82) is 0 Å². The minimum absolute atomic E-state index is 0.00846. The summed E-state index contributed by atoms with van der Waals surface area (Å²) >= 11 is 0. The number of para-hydroxylation sites is 1. The Morgan fingerprint density at radius 2 is 1.84 bits per heavy atom. The summed E-state index contributed by atoms with van der Waals surface area (Å²) in [4.78, 5) is 46.2. The van der Waals surface area contributed by atoms with Crippen LogP contribution in [-0.2, 0) is 17.9 Å². The molecule has 0 bridgehead atoms. The minimum Gasteiger partial charge on any atom is -0.382 e. The van der Waals surface area contributed by atoms with Crippen LogP contribution in [0.3, 0.4) is 0 Å². The van der Waals surface area contributed by atoms with Crippen LogP contribution in [0.4, 0.5) is 11.6 Å². The Bertz CT molecular complexity index is 1430. The second-order valence-corrected chi connectivity index (χ2v) is 8.93. The molecule has 1 aromatic carbocycles. The largest absolute Gasteiger partial charge is 0.382 e. The fourth-order valence-electron chi connectivity index (χ4n) is 3.99. The molecule has 3 heterocycles. The van der Waals surface area contributed by atoms with Gasteiger partial charge in [0.1, 0.15) is 18.2 Å². The molecule has 0 spiro atoms. The first-order chi connectivity index (χ1) is 17.7. The first-order valence-corrected chi connectivity index (χ1v) is 11.9. The van der Waals surface area contributed by atoms with Gasteiger partial charge < -0.3 is 25.4 Å². The zero-order valence-electron chi connectivity index (χ0n) is 21.5. The van der Waals surface area contributed by atoms with E-state index in [-0.39, 0.29) is 30.5 Å². The Balaban J connectivity index is 1.51. The quantitative estimate of drug-likeness (QED) is 0.355. The number of anilines is 2. The van der Waals surface area contributed by atoms with Crippen molar-refractivity contribution >= 4 is 34.4 Å². The van der Waals surface area contributed by atoms with E-state index in [1.165, 1.54) is 12.4 Å². The van der Waals surface area contributed by atoms with E-state index in [1.54, 1.807) is 24.3 Å². The molecule has 0 aliphatic rings. The number of aryl methyl sites for hydroxylation is 2. The smallest absolute Gasteiger partial charge is 0.273 e. The molecule has 3 N–H and O–H groups in total. The van der Waals surface area contributed by atoms with E-state index < -0.39 is 5.91 Å². The lowest BCUT2D eigenvalue weighted by Gasteiger charge is -2.25. The number of hydrogen-bond acceptors (Lipinski definition) is 8. The third-order valence-electron chi connectivity index (χ3n) is 6.27. The lowest BCUT2D eigenvalue weighted by Crippen LogP contribution is -2.37. The molecule has 3 aromatic heterocycles. The van der Waals surface area contributed by atoms with Crippen LogP contribution in [0.1, 0.15) is 27.4 Å². The standard InChI is InChI=1S/C26H31N9O2/c1-17-6-5-7-19-14-20(15-31-26(37)23-24(27)30-9-8-29-23)25(32-22(17)19)34(4)13-12-33(3)21(36)16-35-11-10-28-18(35)2/h5-11,14H,12-13,15-16H2,1-4H3,(H2,27,30)(H,31,37). The predicted octanol–water partition coefficient (Wildman–Crippen LogP) is 1.95. The second-order valence-electron chi connectivity index (χ2n) is 8.93. The number of hydrogen-bond donors (Lipinski definition) is 2.